The van der Waals surface area contributed by atoms with Crippen LogP contribution in [0.4, 0.5) is 0 Å². The van der Waals surface area contributed by atoms with E-state index in [9.17, 15) is 0 Å². The Balaban J connectivity index is 2.07. The summed E-state index contributed by atoms with van der Waals surface area (Å²) < 4.78 is 1.92. The first-order chi connectivity index (χ1) is 9.77. The average molecular weight is 272 g/mol. The Morgan fingerprint density at radius 2 is 2.15 bits per heavy atom. The number of nitrogens with two attached hydrogens (primary N) is 1. The van der Waals surface area contributed by atoms with Crippen molar-refractivity contribution in [2.45, 2.75) is 38.1 Å². The molecule has 0 fully saturated rings. The van der Waals surface area contributed by atoms with E-state index < -0.39 is 0 Å². The number of allylic oxidation sites excluding steroid dienone is 1. The van der Waals surface area contributed by atoms with Crippen LogP contribution in [0.15, 0.2) is 36.9 Å². The molecule has 0 saturated heterocycles. The van der Waals surface area contributed by atoms with Crippen molar-refractivity contribution in [1.82, 2.24) is 15.2 Å². The summed E-state index contributed by atoms with van der Waals surface area (Å²) in [6.45, 7) is 3.75. The Morgan fingerprint density at radius 3 is 2.90 bits per heavy atom. The highest BCUT2D eigenvalue weighted by atomic mass is 15.3. The summed E-state index contributed by atoms with van der Waals surface area (Å²) in [5, 5.41) is 5.82. The average Bonchev–Trinajstić information content (AvgIpc) is 2.81. The van der Waals surface area contributed by atoms with Gasteiger partial charge < -0.3 is 0 Å². The summed E-state index contributed by atoms with van der Waals surface area (Å²) in [6, 6.07) is 8.40. The molecule has 4 nitrogen and oxygen atoms in total. The largest absolute Gasteiger partial charge is 0.271 e. The van der Waals surface area contributed by atoms with E-state index in [1.54, 1.807) is 0 Å². The maximum atomic E-state index is 5.73. The highest BCUT2D eigenvalue weighted by Crippen LogP contribution is 2.26. The standard InChI is InChI=1S/C16H24N4/c1-3-4-5-6-7-11-14(18-17)16-13-10-8-9-12-15(13)20(2)19-16/h3,8-10,12,14,18H,1,4-7,11,17H2,2H3. The second-order valence-corrected chi connectivity index (χ2v) is 5.17. The van der Waals surface area contributed by atoms with Crippen LogP contribution >= 0.6 is 0 Å². The highest BCUT2D eigenvalue weighted by Gasteiger charge is 2.17. The molecule has 108 valence electrons. The number of hydrogen-bond acceptors (Lipinski definition) is 3. The Morgan fingerprint density at radius 1 is 1.35 bits per heavy atom. The molecule has 1 unspecified atom stereocenters. The highest BCUT2D eigenvalue weighted by molar-refractivity contribution is 5.82. The van der Waals surface area contributed by atoms with Crippen molar-refractivity contribution in [2.24, 2.45) is 12.9 Å². The molecule has 3 N–H and O–H groups in total. The molecular formula is C16H24N4. The monoisotopic (exact) mass is 272 g/mol. The number of hydrazine groups is 1. The van der Waals surface area contributed by atoms with Gasteiger partial charge in [0.15, 0.2) is 0 Å². The second-order valence-electron chi connectivity index (χ2n) is 5.17. The predicted molar refractivity (Wildman–Crippen MR) is 84.1 cm³/mol. The van der Waals surface area contributed by atoms with E-state index in [1.165, 1.54) is 18.2 Å². The topological polar surface area (TPSA) is 55.9 Å². The van der Waals surface area contributed by atoms with Crippen LogP contribution in [0.3, 0.4) is 0 Å². The second kappa shape index (κ2) is 7.22. The molecule has 1 aromatic heterocycles. The number of para-hydroxylation sites is 1. The molecule has 0 amide bonds. The zero-order valence-corrected chi connectivity index (χ0v) is 12.2. The van der Waals surface area contributed by atoms with Crippen LogP contribution in [0.25, 0.3) is 10.9 Å². The summed E-state index contributed by atoms with van der Waals surface area (Å²) in [6.07, 6.45) is 7.62. The predicted octanol–water partition coefficient (Wildman–Crippen LogP) is 3.21. The minimum absolute atomic E-state index is 0.116. The van der Waals surface area contributed by atoms with Crippen molar-refractivity contribution in [1.29, 1.82) is 0 Å². The Kier molecular flexibility index (Phi) is 5.32. The third-order valence-electron chi connectivity index (χ3n) is 3.72. The molecule has 0 aliphatic rings. The summed E-state index contributed by atoms with van der Waals surface area (Å²) in [4.78, 5) is 0. The van der Waals surface area contributed by atoms with E-state index in [2.05, 4.69) is 29.2 Å². The van der Waals surface area contributed by atoms with Gasteiger partial charge in [0.05, 0.1) is 17.3 Å². The van der Waals surface area contributed by atoms with E-state index in [0.717, 1.165) is 30.5 Å². The molecule has 0 saturated carbocycles. The van der Waals surface area contributed by atoms with Crippen LogP contribution in [0.5, 0.6) is 0 Å². The number of aromatic nitrogens is 2. The Bertz CT molecular complexity index is 559. The number of fused-ring (bicyclic) bond motifs is 1. The lowest BCUT2D eigenvalue weighted by Crippen LogP contribution is -2.28. The SMILES string of the molecule is C=CCCCCCC(NN)c1nn(C)c2ccccc12. The van der Waals surface area contributed by atoms with Gasteiger partial charge in [-0.25, -0.2) is 0 Å². The van der Waals surface area contributed by atoms with Gasteiger partial charge in [-0.3, -0.25) is 16.0 Å². The van der Waals surface area contributed by atoms with Crippen LogP contribution in [-0.4, -0.2) is 9.78 Å². The number of nitrogens with one attached hydrogen (secondary N) is 1. The van der Waals surface area contributed by atoms with E-state index in [4.69, 9.17) is 5.84 Å². The van der Waals surface area contributed by atoms with Crippen LogP contribution < -0.4 is 11.3 Å². The number of benzene rings is 1. The van der Waals surface area contributed by atoms with Crippen molar-refractivity contribution in [3.05, 3.63) is 42.6 Å². The van der Waals surface area contributed by atoms with Crippen molar-refractivity contribution >= 4 is 10.9 Å². The van der Waals surface area contributed by atoms with Crippen LogP contribution in [0, 0.1) is 0 Å². The van der Waals surface area contributed by atoms with Gasteiger partial charge in [0, 0.05) is 12.4 Å². The fraction of sp³-hybridized carbons (Fsp3) is 0.438. The number of aryl methyl sites for hydroxylation is 1. The van der Waals surface area contributed by atoms with Gasteiger partial charge >= 0.3 is 0 Å². The van der Waals surface area contributed by atoms with Crippen molar-refractivity contribution in [2.75, 3.05) is 0 Å². The number of unbranched alkanes of at least 4 members (excludes halogenated alkanes) is 3. The molecule has 0 aliphatic heterocycles. The first kappa shape index (κ1) is 14.8. The number of rotatable bonds is 8. The molecule has 1 atom stereocenters. The van der Waals surface area contributed by atoms with Gasteiger partial charge in [-0.1, -0.05) is 37.1 Å². The molecule has 1 aromatic carbocycles. The first-order valence-electron chi connectivity index (χ1n) is 7.26. The Hall–Kier alpha value is -1.65. The normalized spacial score (nSPS) is 12.7. The first-order valence-corrected chi connectivity index (χ1v) is 7.26. The molecule has 1 heterocycles. The Labute approximate surface area is 120 Å². The van der Waals surface area contributed by atoms with Crippen molar-refractivity contribution in [3.8, 4) is 0 Å². The molecule has 4 heteroatoms. The summed E-state index contributed by atoms with van der Waals surface area (Å²) in [5.74, 6) is 5.73. The van der Waals surface area contributed by atoms with Crippen LogP contribution in [0.1, 0.15) is 43.8 Å². The van der Waals surface area contributed by atoms with E-state index in [-0.39, 0.29) is 6.04 Å². The third-order valence-corrected chi connectivity index (χ3v) is 3.72. The minimum atomic E-state index is 0.116. The van der Waals surface area contributed by atoms with Crippen LogP contribution in [0.2, 0.25) is 0 Å². The fourth-order valence-corrected chi connectivity index (χ4v) is 2.61. The fourth-order valence-electron chi connectivity index (χ4n) is 2.61. The van der Waals surface area contributed by atoms with Gasteiger partial charge in [-0.15, -0.1) is 6.58 Å². The summed E-state index contributed by atoms with van der Waals surface area (Å²) >= 11 is 0. The maximum Gasteiger partial charge on any atom is 0.0886 e. The quantitative estimate of drug-likeness (QED) is 0.336. The minimum Gasteiger partial charge on any atom is -0.271 e. The molecule has 0 spiro atoms. The molecule has 2 aromatic rings. The number of nitrogens with zero attached hydrogens (tertiary/aromatic N) is 2. The molecule has 0 aliphatic carbocycles. The van der Waals surface area contributed by atoms with Crippen LogP contribution in [-0.2, 0) is 7.05 Å². The van der Waals surface area contributed by atoms with Gasteiger partial charge in [0.25, 0.3) is 0 Å². The van der Waals surface area contributed by atoms with E-state index in [0.29, 0.717) is 0 Å². The number of hydrogen-bond donors (Lipinski definition) is 2. The molecular weight excluding hydrogens is 248 g/mol. The molecule has 0 radical (unpaired) electrons. The molecule has 0 bridgehead atoms. The lowest BCUT2D eigenvalue weighted by molar-refractivity contribution is 0.472. The summed E-state index contributed by atoms with van der Waals surface area (Å²) in [7, 11) is 1.98. The van der Waals surface area contributed by atoms with E-state index >= 15 is 0 Å². The van der Waals surface area contributed by atoms with Crippen molar-refractivity contribution in [3.63, 3.8) is 0 Å². The van der Waals surface area contributed by atoms with Gasteiger partial charge in [-0.05, 0) is 25.3 Å². The lowest BCUT2D eigenvalue weighted by Gasteiger charge is -2.13. The molecule has 20 heavy (non-hydrogen) atoms. The zero-order chi connectivity index (χ0) is 14.4. The van der Waals surface area contributed by atoms with Gasteiger partial charge in [-0.2, -0.15) is 5.10 Å². The maximum absolute atomic E-state index is 5.73. The summed E-state index contributed by atoms with van der Waals surface area (Å²) in [5.41, 5.74) is 5.12. The third kappa shape index (κ3) is 3.26. The van der Waals surface area contributed by atoms with Gasteiger partial charge in [0.1, 0.15) is 0 Å². The van der Waals surface area contributed by atoms with Crippen molar-refractivity contribution < 1.29 is 0 Å². The van der Waals surface area contributed by atoms with Gasteiger partial charge in [0.2, 0.25) is 0 Å². The van der Waals surface area contributed by atoms with E-state index in [1.807, 2.05) is 29.9 Å². The molecule has 2 rings (SSSR count). The lowest BCUT2D eigenvalue weighted by atomic mass is 10.0. The zero-order valence-electron chi connectivity index (χ0n) is 12.2. The smallest absolute Gasteiger partial charge is 0.0886 e.